The lowest BCUT2D eigenvalue weighted by molar-refractivity contribution is -0.118. The minimum atomic E-state index is -3.53. The number of hydrogen-bond acceptors (Lipinski definition) is 4. The van der Waals surface area contributed by atoms with Crippen molar-refractivity contribution in [1.82, 2.24) is 10.0 Å². The van der Waals surface area contributed by atoms with E-state index >= 15 is 0 Å². The summed E-state index contributed by atoms with van der Waals surface area (Å²) in [6.07, 6.45) is 0. The number of sulfonamides is 1. The van der Waals surface area contributed by atoms with Gasteiger partial charge in [-0.2, -0.15) is 0 Å². The zero-order valence-corrected chi connectivity index (χ0v) is 13.4. The van der Waals surface area contributed by atoms with E-state index < -0.39 is 28.0 Å². The Labute approximate surface area is 129 Å². The van der Waals surface area contributed by atoms with E-state index in [9.17, 15) is 18.0 Å². The summed E-state index contributed by atoms with van der Waals surface area (Å²) in [6, 6.07) is 4.09. The average Bonchev–Trinajstić information content (AvgIpc) is 2.44. The molecule has 0 saturated carbocycles. The van der Waals surface area contributed by atoms with Gasteiger partial charge in [0.05, 0.1) is 4.90 Å². The number of urea groups is 1. The number of benzene rings is 1. The first-order valence-electron chi connectivity index (χ1n) is 6.58. The van der Waals surface area contributed by atoms with E-state index in [1.165, 1.54) is 31.3 Å². The Balaban J connectivity index is 2.86. The lowest BCUT2D eigenvalue weighted by atomic mass is 10.0. The minimum Gasteiger partial charge on any atom is -0.352 e. The van der Waals surface area contributed by atoms with Crippen molar-refractivity contribution in [3.8, 4) is 0 Å². The van der Waals surface area contributed by atoms with Crippen LogP contribution in [0.4, 0.5) is 10.5 Å². The molecule has 3 amide bonds. The van der Waals surface area contributed by atoms with Crippen LogP contribution in [0.1, 0.15) is 13.8 Å². The van der Waals surface area contributed by atoms with E-state index in [0.717, 1.165) is 0 Å². The Morgan fingerprint density at radius 2 is 1.68 bits per heavy atom. The van der Waals surface area contributed by atoms with Gasteiger partial charge in [-0.25, -0.2) is 17.9 Å². The first-order valence-corrected chi connectivity index (χ1v) is 8.06. The molecule has 0 radical (unpaired) electrons. The van der Waals surface area contributed by atoms with E-state index in [1.807, 2.05) is 0 Å². The van der Waals surface area contributed by atoms with Crippen LogP contribution >= 0.6 is 0 Å². The fraction of sp³-hybridized carbons (Fsp3) is 0.385. The van der Waals surface area contributed by atoms with Gasteiger partial charge in [0.2, 0.25) is 15.9 Å². The number of nitrogens with two attached hydrogens (primary N) is 1. The molecule has 0 aliphatic heterocycles. The number of hydrogen-bond donors (Lipinski definition) is 4. The largest absolute Gasteiger partial charge is 0.352 e. The highest BCUT2D eigenvalue weighted by Gasteiger charge is 2.23. The molecule has 1 rings (SSSR count). The van der Waals surface area contributed by atoms with Gasteiger partial charge in [0, 0.05) is 5.69 Å². The van der Waals surface area contributed by atoms with Crippen molar-refractivity contribution in [1.29, 1.82) is 0 Å². The third-order valence-electron chi connectivity index (χ3n) is 2.95. The molecule has 122 valence electrons. The highest BCUT2D eigenvalue weighted by atomic mass is 32.2. The molecule has 0 spiro atoms. The van der Waals surface area contributed by atoms with Crippen molar-refractivity contribution in [3.63, 3.8) is 0 Å². The molecular weight excluding hydrogens is 308 g/mol. The van der Waals surface area contributed by atoms with E-state index in [0.29, 0.717) is 5.69 Å². The van der Waals surface area contributed by atoms with Crippen LogP contribution in [-0.4, -0.2) is 33.4 Å². The topological polar surface area (TPSA) is 130 Å². The summed E-state index contributed by atoms with van der Waals surface area (Å²) < 4.78 is 25.4. The third-order valence-corrected chi connectivity index (χ3v) is 4.38. The predicted molar refractivity (Wildman–Crippen MR) is 82.7 cm³/mol. The Kier molecular flexibility index (Phi) is 5.89. The fourth-order valence-corrected chi connectivity index (χ4v) is 2.47. The van der Waals surface area contributed by atoms with Crippen LogP contribution < -0.4 is 21.1 Å². The summed E-state index contributed by atoms with van der Waals surface area (Å²) >= 11 is 0. The molecule has 0 heterocycles. The number of carbonyl (C=O) groups is 2. The molecule has 1 aromatic rings. The summed E-state index contributed by atoms with van der Waals surface area (Å²) in [4.78, 5) is 23.1. The Morgan fingerprint density at radius 3 is 2.09 bits per heavy atom. The molecule has 0 saturated heterocycles. The Hall–Kier alpha value is -2.13. The van der Waals surface area contributed by atoms with Crippen LogP contribution in [0.2, 0.25) is 0 Å². The van der Waals surface area contributed by atoms with Gasteiger partial charge in [0.25, 0.3) is 0 Å². The van der Waals surface area contributed by atoms with Gasteiger partial charge in [-0.05, 0) is 37.2 Å². The van der Waals surface area contributed by atoms with E-state index in [-0.39, 0.29) is 10.8 Å². The van der Waals surface area contributed by atoms with Crippen molar-refractivity contribution in [2.75, 3.05) is 12.4 Å². The summed E-state index contributed by atoms with van der Waals surface area (Å²) in [5, 5.41) is 4.97. The summed E-state index contributed by atoms with van der Waals surface area (Å²) in [5.41, 5.74) is 5.46. The second kappa shape index (κ2) is 7.23. The molecule has 0 bridgehead atoms. The highest BCUT2D eigenvalue weighted by molar-refractivity contribution is 7.89. The third kappa shape index (κ3) is 4.71. The van der Waals surface area contributed by atoms with E-state index in [2.05, 4.69) is 15.4 Å². The highest BCUT2D eigenvalue weighted by Crippen LogP contribution is 2.14. The number of amides is 3. The SMILES string of the molecule is CNS(=O)(=O)c1ccc(NC(=O)[C@@H](NC(N)=O)C(C)C)cc1. The number of primary amides is 1. The molecule has 1 atom stereocenters. The van der Waals surface area contributed by atoms with Crippen molar-refractivity contribution >= 4 is 27.6 Å². The van der Waals surface area contributed by atoms with Gasteiger partial charge in [-0.3, -0.25) is 4.79 Å². The van der Waals surface area contributed by atoms with Gasteiger partial charge < -0.3 is 16.4 Å². The van der Waals surface area contributed by atoms with Crippen LogP contribution in [-0.2, 0) is 14.8 Å². The van der Waals surface area contributed by atoms with Gasteiger partial charge >= 0.3 is 6.03 Å². The van der Waals surface area contributed by atoms with Gasteiger partial charge in [-0.15, -0.1) is 0 Å². The van der Waals surface area contributed by atoms with Crippen LogP contribution in [0, 0.1) is 5.92 Å². The molecule has 0 aromatic heterocycles. The molecule has 9 heteroatoms. The zero-order chi connectivity index (χ0) is 16.9. The summed E-state index contributed by atoms with van der Waals surface area (Å²) in [7, 11) is -2.21. The van der Waals surface area contributed by atoms with Crippen LogP contribution in [0.15, 0.2) is 29.2 Å². The number of rotatable bonds is 6. The molecule has 22 heavy (non-hydrogen) atoms. The maximum Gasteiger partial charge on any atom is 0.312 e. The Morgan fingerprint density at radius 1 is 1.14 bits per heavy atom. The van der Waals surface area contributed by atoms with Crippen LogP contribution in [0.25, 0.3) is 0 Å². The van der Waals surface area contributed by atoms with Crippen LogP contribution in [0.5, 0.6) is 0 Å². The molecule has 8 nitrogen and oxygen atoms in total. The summed E-state index contributed by atoms with van der Waals surface area (Å²) in [6.45, 7) is 3.53. The molecule has 5 N–H and O–H groups in total. The quantitative estimate of drug-likeness (QED) is 0.595. The maximum absolute atomic E-state index is 12.1. The lowest BCUT2D eigenvalue weighted by Crippen LogP contribution is -2.49. The maximum atomic E-state index is 12.1. The van der Waals surface area contributed by atoms with Crippen molar-refractivity contribution in [2.24, 2.45) is 11.7 Å². The second-order valence-corrected chi connectivity index (χ2v) is 6.84. The molecule has 0 aliphatic rings. The van der Waals surface area contributed by atoms with Gasteiger partial charge in [-0.1, -0.05) is 13.8 Å². The normalized spacial score (nSPS) is 12.7. The van der Waals surface area contributed by atoms with E-state index in [4.69, 9.17) is 5.73 Å². The number of nitrogens with one attached hydrogen (secondary N) is 3. The smallest absolute Gasteiger partial charge is 0.312 e. The molecule has 0 unspecified atom stereocenters. The fourth-order valence-electron chi connectivity index (χ4n) is 1.74. The molecule has 0 aliphatic carbocycles. The van der Waals surface area contributed by atoms with E-state index in [1.54, 1.807) is 13.8 Å². The minimum absolute atomic E-state index is 0.0867. The monoisotopic (exact) mass is 328 g/mol. The standard InChI is InChI=1S/C13H20N4O4S/c1-8(2)11(17-13(14)19)12(18)16-9-4-6-10(7-5-9)22(20,21)15-3/h4-8,11,15H,1-3H3,(H,16,18)(H3,14,17,19)/t11-/m0/s1. The number of anilines is 1. The lowest BCUT2D eigenvalue weighted by Gasteiger charge is -2.20. The van der Waals surface area contributed by atoms with Gasteiger partial charge in [0.15, 0.2) is 0 Å². The van der Waals surface area contributed by atoms with Gasteiger partial charge in [0.1, 0.15) is 6.04 Å². The molecule has 0 fully saturated rings. The predicted octanol–water partition coefficient (Wildman–Crippen LogP) is 0.226. The molecule has 1 aromatic carbocycles. The van der Waals surface area contributed by atoms with Crippen LogP contribution in [0.3, 0.4) is 0 Å². The Bertz CT molecular complexity index is 641. The van der Waals surface area contributed by atoms with Crippen molar-refractivity contribution in [3.05, 3.63) is 24.3 Å². The van der Waals surface area contributed by atoms with Crippen molar-refractivity contribution in [2.45, 2.75) is 24.8 Å². The second-order valence-electron chi connectivity index (χ2n) is 4.95. The first-order chi connectivity index (χ1) is 10.2. The van der Waals surface area contributed by atoms with Crippen molar-refractivity contribution < 1.29 is 18.0 Å². The first kappa shape index (κ1) is 17.9. The number of carbonyl (C=O) groups excluding carboxylic acids is 2. The average molecular weight is 328 g/mol. The summed E-state index contributed by atoms with van der Waals surface area (Å²) in [5.74, 6) is -0.588. The zero-order valence-electron chi connectivity index (χ0n) is 12.6. The molecular formula is C13H20N4O4S.